The number of thiocarbonyl (C=S) groups is 1. The summed E-state index contributed by atoms with van der Waals surface area (Å²) in [4.78, 5) is 65.2. The molecule has 0 bridgehead atoms. The zero-order valence-electron chi connectivity index (χ0n) is 19.1. The maximum atomic E-state index is 13.0. The molecule has 9 nitrogen and oxygen atoms in total. The molecule has 2 heterocycles. The van der Waals surface area contributed by atoms with Crippen LogP contribution in [0.4, 0.5) is 5.69 Å². The van der Waals surface area contributed by atoms with Gasteiger partial charge in [0.15, 0.2) is 0 Å². The summed E-state index contributed by atoms with van der Waals surface area (Å²) in [6.45, 7) is 1.43. The number of rotatable bonds is 7. The number of carbonyl (C=O) groups is 5. The summed E-state index contributed by atoms with van der Waals surface area (Å²) in [7, 11) is 0. The molecular formula is C25H21N3O6S2. The molecule has 2 saturated heterocycles. The number of benzene rings is 2. The predicted octanol–water partition coefficient (Wildman–Crippen LogP) is 2.83. The van der Waals surface area contributed by atoms with Crippen molar-refractivity contribution in [1.29, 1.82) is 0 Å². The third kappa shape index (κ3) is 5.37. The fraction of sp³-hybridized carbons (Fsp3) is 0.200. The second-order valence-electron chi connectivity index (χ2n) is 7.85. The van der Waals surface area contributed by atoms with E-state index in [-0.39, 0.29) is 17.3 Å². The van der Waals surface area contributed by atoms with E-state index in [9.17, 15) is 24.0 Å². The Bertz CT molecular complexity index is 1280. The van der Waals surface area contributed by atoms with Gasteiger partial charge >= 0.3 is 5.97 Å². The van der Waals surface area contributed by atoms with Crippen LogP contribution in [0.25, 0.3) is 6.08 Å². The van der Waals surface area contributed by atoms with Crippen molar-refractivity contribution in [2.75, 3.05) is 18.5 Å². The van der Waals surface area contributed by atoms with Crippen LogP contribution in [0, 0.1) is 0 Å². The van der Waals surface area contributed by atoms with Crippen molar-refractivity contribution in [3.8, 4) is 0 Å². The molecule has 2 fully saturated rings. The Hall–Kier alpha value is -3.83. The van der Waals surface area contributed by atoms with Gasteiger partial charge in [-0.1, -0.05) is 54.3 Å². The highest BCUT2D eigenvalue weighted by atomic mass is 32.2. The van der Waals surface area contributed by atoms with E-state index in [0.29, 0.717) is 16.2 Å². The van der Waals surface area contributed by atoms with Crippen molar-refractivity contribution in [3.63, 3.8) is 0 Å². The second-order valence-corrected chi connectivity index (χ2v) is 9.52. The Morgan fingerprint density at radius 3 is 2.47 bits per heavy atom. The van der Waals surface area contributed by atoms with Gasteiger partial charge in [-0.05, 0) is 42.8 Å². The van der Waals surface area contributed by atoms with Gasteiger partial charge < -0.3 is 10.1 Å². The minimum Gasteiger partial charge on any atom is -0.462 e. The fourth-order valence-electron chi connectivity index (χ4n) is 3.73. The summed E-state index contributed by atoms with van der Waals surface area (Å²) < 4.78 is 5.10. The van der Waals surface area contributed by atoms with Gasteiger partial charge in [0.25, 0.3) is 11.8 Å². The number of thioether (sulfide) groups is 1. The Morgan fingerprint density at radius 1 is 1.11 bits per heavy atom. The minimum atomic E-state index is -1.09. The molecule has 0 aliphatic carbocycles. The smallest absolute Gasteiger partial charge is 0.338 e. The number of nitrogens with one attached hydrogen (secondary N) is 1. The molecule has 0 aromatic heterocycles. The molecule has 184 valence electrons. The quantitative estimate of drug-likeness (QED) is 0.255. The van der Waals surface area contributed by atoms with Crippen molar-refractivity contribution in [2.45, 2.75) is 19.4 Å². The molecule has 4 rings (SSSR count). The zero-order chi connectivity index (χ0) is 25.8. The molecule has 1 N–H and O–H groups in total. The normalized spacial score (nSPS) is 18.8. The van der Waals surface area contributed by atoms with E-state index in [4.69, 9.17) is 17.0 Å². The van der Waals surface area contributed by atoms with Crippen LogP contribution in [0.5, 0.6) is 0 Å². The van der Waals surface area contributed by atoms with Crippen LogP contribution in [0.15, 0.2) is 59.5 Å². The molecule has 0 radical (unpaired) electrons. The largest absolute Gasteiger partial charge is 0.462 e. The molecule has 11 heteroatoms. The van der Waals surface area contributed by atoms with Gasteiger partial charge in [0.05, 0.1) is 23.5 Å². The molecule has 0 spiro atoms. The van der Waals surface area contributed by atoms with E-state index < -0.39 is 42.2 Å². The van der Waals surface area contributed by atoms with Crippen molar-refractivity contribution in [1.82, 2.24) is 9.80 Å². The van der Waals surface area contributed by atoms with Gasteiger partial charge in [-0.25, -0.2) is 4.79 Å². The minimum absolute atomic E-state index is 0.182. The molecule has 0 unspecified atom stereocenters. The van der Waals surface area contributed by atoms with Crippen molar-refractivity contribution < 1.29 is 28.7 Å². The second kappa shape index (κ2) is 10.8. The standard InChI is InChI=1S/C25H21N3O6S2/c1-2-34-24(33)16-8-10-17(11-9-16)26-20(29)14-27-21(30)13-18(22(27)31)28-23(32)19(36-25(28)35)12-15-6-4-3-5-7-15/h3-12,18H,2,13-14H2,1H3,(H,26,29)/b19-12+/t18-/m1/s1. The SMILES string of the molecule is CCOC(=O)c1ccc(NC(=O)CN2C(=O)C[C@@H](N3C(=O)/C(=C\c4ccccc4)SC3=S)C2=O)cc1. The first-order chi connectivity index (χ1) is 17.3. The Balaban J connectivity index is 1.40. The van der Waals surface area contributed by atoms with E-state index in [1.54, 1.807) is 13.0 Å². The van der Waals surface area contributed by atoms with Crippen LogP contribution in [-0.4, -0.2) is 62.9 Å². The maximum absolute atomic E-state index is 13.0. The van der Waals surface area contributed by atoms with Gasteiger partial charge in [0.2, 0.25) is 11.8 Å². The number of hydrogen-bond acceptors (Lipinski definition) is 8. The summed E-state index contributed by atoms with van der Waals surface area (Å²) in [6.07, 6.45) is 1.42. The molecule has 2 aliphatic rings. The summed E-state index contributed by atoms with van der Waals surface area (Å²) >= 11 is 6.39. The van der Waals surface area contributed by atoms with E-state index in [1.807, 2.05) is 30.3 Å². The number of amides is 4. The fourth-order valence-corrected chi connectivity index (χ4v) is 5.09. The molecule has 36 heavy (non-hydrogen) atoms. The lowest BCUT2D eigenvalue weighted by atomic mass is 10.2. The predicted molar refractivity (Wildman–Crippen MR) is 138 cm³/mol. The molecule has 1 atom stereocenters. The van der Waals surface area contributed by atoms with Gasteiger partial charge in [-0.3, -0.25) is 29.0 Å². The highest BCUT2D eigenvalue weighted by molar-refractivity contribution is 8.26. The van der Waals surface area contributed by atoms with Crippen molar-refractivity contribution in [2.24, 2.45) is 0 Å². The highest BCUT2D eigenvalue weighted by Crippen LogP contribution is 2.36. The van der Waals surface area contributed by atoms with Crippen LogP contribution >= 0.6 is 24.0 Å². The van der Waals surface area contributed by atoms with Crippen LogP contribution in [0.1, 0.15) is 29.3 Å². The molecule has 4 amide bonds. The highest BCUT2D eigenvalue weighted by Gasteiger charge is 2.48. The number of likely N-dealkylation sites (tertiary alicyclic amines) is 1. The molecule has 2 aromatic carbocycles. The average Bonchev–Trinajstić information content (AvgIpc) is 3.28. The van der Waals surface area contributed by atoms with E-state index in [0.717, 1.165) is 27.1 Å². The Morgan fingerprint density at radius 2 is 1.81 bits per heavy atom. The monoisotopic (exact) mass is 523 g/mol. The van der Waals surface area contributed by atoms with Gasteiger partial charge in [-0.2, -0.15) is 0 Å². The van der Waals surface area contributed by atoms with Gasteiger partial charge in [0, 0.05) is 5.69 Å². The van der Waals surface area contributed by atoms with Crippen LogP contribution in [0.2, 0.25) is 0 Å². The topological polar surface area (TPSA) is 113 Å². The summed E-state index contributed by atoms with van der Waals surface area (Å²) in [5.74, 6) is -2.77. The summed E-state index contributed by atoms with van der Waals surface area (Å²) in [5.41, 5.74) is 1.51. The van der Waals surface area contributed by atoms with Crippen LogP contribution < -0.4 is 5.32 Å². The number of ether oxygens (including phenoxy) is 1. The van der Waals surface area contributed by atoms with Crippen LogP contribution in [-0.2, 0) is 23.9 Å². The van der Waals surface area contributed by atoms with E-state index in [1.165, 1.54) is 24.3 Å². The van der Waals surface area contributed by atoms with Gasteiger partial charge in [-0.15, -0.1) is 0 Å². The number of nitrogens with zero attached hydrogens (tertiary/aromatic N) is 2. The lowest BCUT2D eigenvalue weighted by Gasteiger charge is -2.21. The lowest BCUT2D eigenvalue weighted by Crippen LogP contribution is -2.45. The van der Waals surface area contributed by atoms with E-state index in [2.05, 4.69) is 5.32 Å². The van der Waals surface area contributed by atoms with Gasteiger partial charge in [0.1, 0.15) is 16.9 Å². The summed E-state index contributed by atoms with van der Waals surface area (Å²) in [5, 5.41) is 2.59. The lowest BCUT2D eigenvalue weighted by molar-refractivity contribution is -0.143. The number of anilines is 1. The first kappa shape index (κ1) is 25.3. The van der Waals surface area contributed by atoms with Crippen molar-refractivity contribution >= 4 is 69.7 Å². The number of imide groups is 1. The number of carbonyl (C=O) groups excluding carboxylic acids is 5. The van der Waals surface area contributed by atoms with Crippen LogP contribution in [0.3, 0.4) is 0 Å². The summed E-state index contributed by atoms with van der Waals surface area (Å²) in [6, 6.07) is 14.1. The van der Waals surface area contributed by atoms with E-state index >= 15 is 0 Å². The van der Waals surface area contributed by atoms with Crippen molar-refractivity contribution in [3.05, 3.63) is 70.6 Å². The first-order valence-electron chi connectivity index (χ1n) is 11.0. The Labute approximate surface area is 216 Å². The third-order valence-electron chi connectivity index (χ3n) is 5.43. The molecule has 0 saturated carbocycles. The number of esters is 1. The third-order valence-corrected chi connectivity index (χ3v) is 6.76. The first-order valence-corrected chi connectivity index (χ1v) is 12.2. The Kier molecular flexibility index (Phi) is 7.61. The zero-order valence-corrected chi connectivity index (χ0v) is 20.8. The average molecular weight is 524 g/mol. The molecule has 2 aliphatic heterocycles. The molecular weight excluding hydrogens is 502 g/mol. The number of hydrogen-bond donors (Lipinski definition) is 1. The maximum Gasteiger partial charge on any atom is 0.338 e. The molecule has 2 aromatic rings.